The molecule has 1 aromatic carbocycles. The molecular formula is C12H8BrClO2. The first-order valence-corrected chi connectivity index (χ1v) is 5.82. The summed E-state index contributed by atoms with van der Waals surface area (Å²) in [6.45, 7) is 1.81. The zero-order valence-electron chi connectivity index (χ0n) is 8.46. The van der Waals surface area contributed by atoms with Crippen molar-refractivity contribution in [2.75, 3.05) is 0 Å². The van der Waals surface area contributed by atoms with Crippen LogP contribution in [-0.4, -0.2) is 5.78 Å². The number of carbonyl (C=O) groups is 1. The van der Waals surface area contributed by atoms with E-state index in [4.69, 9.17) is 16.0 Å². The van der Waals surface area contributed by atoms with E-state index in [2.05, 4.69) is 15.9 Å². The third-order valence-corrected chi connectivity index (χ3v) is 3.14. The number of halogens is 2. The summed E-state index contributed by atoms with van der Waals surface area (Å²) in [6.07, 6.45) is 0. The number of hydrogen-bond acceptors (Lipinski definition) is 2. The molecule has 0 aliphatic heterocycles. The van der Waals surface area contributed by atoms with Gasteiger partial charge in [-0.05, 0) is 46.6 Å². The quantitative estimate of drug-likeness (QED) is 0.777. The first-order valence-electron chi connectivity index (χ1n) is 4.65. The van der Waals surface area contributed by atoms with E-state index >= 15 is 0 Å². The number of furan rings is 1. The molecule has 0 amide bonds. The molecule has 0 bridgehead atoms. The molecule has 4 heteroatoms. The fourth-order valence-corrected chi connectivity index (χ4v) is 1.90. The van der Waals surface area contributed by atoms with Gasteiger partial charge in [0.15, 0.2) is 10.4 Å². The lowest BCUT2D eigenvalue weighted by molar-refractivity contribution is 0.101. The van der Waals surface area contributed by atoms with Gasteiger partial charge in [0.05, 0.1) is 0 Å². The number of ketones is 1. The smallest absolute Gasteiger partial charge is 0.228 e. The molecule has 2 rings (SSSR count). The Morgan fingerprint density at radius 2 is 2.06 bits per heavy atom. The van der Waals surface area contributed by atoms with Crippen LogP contribution >= 0.6 is 27.5 Å². The number of benzene rings is 1. The fraction of sp³-hybridized carbons (Fsp3) is 0.0833. The van der Waals surface area contributed by atoms with E-state index in [-0.39, 0.29) is 5.78 Å². The molecule has 1 aromatic heterocycles. The standard InChI is InChI=1S/C12H8BrClO2/c1-7-8(3-2-4-9(7)14)12(15)10-5-6-11(13)16-10/h2-6H,1H3. The third-order valence-electron chi connectivity index (χ3n) is 2.31. The summed E-state index contributed by atoms with van der Waals surface area (Å²) in [7, 11) is 0. The predicted octanol–water partition coefficient (Wildman–Crippen LogP) is 4.23. The monoisotopic (exact) mass is 298 g/mol. The van der Waals surface area contributed by atoms with Gasteiger partial charge < -0.3 is 4.42 Å². The minimum Gasteiger partial charge on any atom is -0.446 e. The minimum atomic E-state index is -0.161. The molecule has 1 heterocycles. The highest BCUT2D eigenvalue weighted by Gasteiger charge is 2.16. The van der Waals surface area contributed by atoms with Crippen molar-refractivity contribution in [2.45, 2.75) is 6.92 Å². The largest absolute Gasteiger partial charge is 0.446 e. The van der Waals surface area contributed by atoms with Crippen molar-refractivity contribution in [2.24, 2.45) is 0 Å². The first kappa shape index (κ1) is 11.4. The Labute approximate surface area is 106 Å². The third kappa shape index (κ3) is 2.06. The zero-order chi connectivity index (χ0) is 11.7. The Hall–Kier alpha value is -1.06. The van der Waals surface area contributed by atoms with Crippen LogP contribution in [0.3, 0.4) is 0 Å². The lowest BCUT2D eigenvalue weighted by atomic mass is 10.0. The van der Waals surface area contributed by atoms with Crippen LogP contribution in [0.5, 0.6) is 0 Å². The van der Waals surface area contributed by atoms with Crippen molar-refractivity contribution < 1.29 is 9.21 Å². The maximum atomic E-state index is 12.1. The van der Waals surface area contributed by atoms with Crippen molar-refractivity contribution in [3.05, 3.63) is 56.9 Å². The summed E-state index contributed by atoms with van der Waals surface area (Å²) < 4.78 is 5.76. The lowest BCUT2D eigenvalue weighted by Gasteiger charge is -2.04. The van der Waals surface area contributed by atoms with Crippen LogP contribution in [0.25, 0.3) is 0 Å². The van der Waals surface area contributed by atoms with Gasteiger partial charge in [-0.15, -0.1) is 0 Å². The minimum absolute atomic E-state index is 0.161. The number of rotatable bonds is 2. The molecule has 0 saturated heterocycles. The molecule has 0 unspecified atom stereocenters. The summed E-state index contributed by atoms with van der Waals surface area (Å²) in [4.78, 5) is 12.1. The van der Waals surface area contributed by atoms with Gasteiger partial charge in [-0.3, -0.25) is 4.79 Å². The highest BCUT2D eigenvalue weighted by molar-refractivity contribution is 9.10. The lowest BCUT2D eigenvalue weighted by Crippen LogP contribution is -2.02. The van der Waals surface area contributed by atoms with Crippen molar-refractivity contribution in [1.82, 2.24) is 0 Å². The van der Waals surface area contributed by atoms with Gasteiger partial charge in [0.25, 0.3) is 0 Å². The summed E-state index contributed by atoms with van der Waals surface area (Å²) in [5.74, 6) is 0.142. The fourth-order valence-electron chi connectivity index (χ4n) is 1.42. The normalized spacial score (nSPS) is 10.4. The molecule has 0 fully saturated rings. The van der Waals surface area contributed by atoms with E-state index in [1.807, 2.05) is 6.92 Å². The summed E-state index contributed by atoms with van der Waals surface area (Å²) in [6, 6.07) is 8.56. The van der Waals surface area contributed by atoms with E-state index in [0.717, 1.165) is 5.56 Å². The second-order valence-electron chi connectivity index (χ2n) is 3.35. The van der Waals surface area contributed by atoms with Crippen LogP contribution in [0.2, 0.25) is 5.02 Å². The second kappa shape index (κ2) is 4.44. The van der Waals surface area contributed by atoms with Gasteiger partial charge in [-0.2, -0.15) is 0 Å². The van der Waals surface area contributed by atoms with Crippen molar-refractivity contribution in [3.8, 4) is 0 Å². The van der Waals surface area contributed by atoms with Crippen LogP contribution in [0.4, 0.5) is 0 Å². The van der Waals surface area contributed by atoms with Crippen molar-refractivity contribution in [1.29, 1.82) is 0 Å². The molecule has 0 saturated carbocycles. The molecule has 0 atom stereocenters. The average molecular weight is 300 g/mol. The SMILES string of the molecule is Cc1c(Cl)cccc1C(=O)c1ccc(Br)o1. The molecule has 0 N–H and O–H groups in total. The molecule has 16 heavy (non-hydrogen) atoms. The maximum Gasteiger partial charge on any atom is 0.228 e. The molecule has 2 aromatic rings. The molecule has 0 radical (unpaired) electrons. The summed E-state index contributed by atoms with van der Waals surface area (Å²) in [5.41, 5.74) is 1.33. The first-order chi connectivity index (χ1) is 7.59. The van der Waals surface area contributed by atoms with Crippen molar-refractivity contribution >= 4 is 33.3 Å². The Morgan fingerprint density at radius 1 is 1.31 bits per heavy atom. The van der Waals surface area contributed by atoms with Gasteiger partial charge >= 0.3 is 0 Å². The second-order valence-corrected chi connectivity index (χ2v) is 4.53. The van der Waals surface area contributed by atoms with Gasteiger partial charge in [-0.25, -0.2) is 0 Å². The molecule has 0 aliphatic rings. The van der Waals surface area contributed by atoms with Crippen LogP contribution < -0.4 is 0 Å². The molecule has 0 spiro atoms. The highest BCUT2D eigenvalue weighted by Crippen LogP contribution is 2.23. The molecule has 0 aliphatic carbocycles. The Morgan fingerprint density at radius 3 is 2.69 bits per heavy atom. The zero-order valence-corrected chi connectivity index (χ0v) is 10.8. The molecule has 82 valence electrons. The number of hydrogen-bond donors (Lipinski definition) is 0. The van der Waals surface area contributed by atoms with E-state index < -0.39 is 0 Å². The van der Waals surface area contributed by atoms with E-state index in [9.17, 15) is 4.79 Å². The number of carbonyl (C=O) groups excluding carboxylic acids is 1. The summed E-state index contributed by atoms with van der Waals surface area (Å²) >= 11 is 9.12. The van der Waals surface area contributed by atoms with E-state index in [1.165, 1.54) is 0 Å². The van der Waals surface area contributed by atoms with Gasteiger partial charge in [0.2, 0.25) is 5.78 Å². The Kier molecular flexibility index (Phi) is 3.17. The molecular weight excluding hydrogens is 291 g/mol. The highest BCUT2D eigenvalue weighted by atomic mass is 79.9. The van der Waals surface area contributed by atoms with Gasteiger partial charge in [-0.1, -0.05) is 23.7 Å². The van der Waals surface area contributed by atoms with E-state index in [1.54, 1.807) is 30.3 Å². The predicted molar refractivity (Wildman–Crippen MR) is 66.0 cm³/mol. The topological polar surface area (TPSA) is 30.2 Å². The Balaban J connectivity index is 2.45. The Bertz CT molecular complexity index is 546. The average Bonchev–Trinajstić information content (AvgIpc) is 2.68. The molecule has 2 nitrogen and oxygen atoms in total. The van der Waals surface area contributed by atoms with Gasteiger partial charge in [0, 0.05) is 10.6 Å². The van der Waals surface area contributed by atoms with Crippen molar-refractivity contribution in [3.63, 3.8) is 0 Å². The maximum absolute atomic E-state index is 12.1. The van der Waals surface area contributed by atoms with E-state index in [0.29, 0.717) is 21.0 Å². The van der Waals surface area contributed by atoms with Crippen LogP contribution in [0.1, 0.15) is 21.7 Å². The van der Waals surface area contributed by atoms with Crippen LogP contribution in [-0.2, 0) is 0 Å². The van der Waals surface area contributed by atoms with Crippen LogP contribution in [0, 0.1) is 6.92 Å². The van der Waals surface area contributed by atoms with Crippen LogP contribution in [0.15, 0.2) is 39.4 Å². The van der Waals surface area contributed by atoms with Gasteiger partial charge in [0.1, 0.15) is 0 Å². The summed E-state index contributed by atoms with van der Waals surface area (Å²) in [5, 5.41) is 0.580.